The summed E-state index contributed by atoms with van der Waals surface area (Å²) in [5, 5.41) is 2.78. The number of imide groups is 1. The zero-order chi connectivity index (χ0) is 23.6. The number of thiophene rings is 1. The highest BCUT2D eigenvalue weighted by Crippen LogP contribution is 2.35. The van der Waals surface area contributed by atoms with Crippen LogP contribution in [0.25, 0.3) is 0 Å². The molecule has 32 heavy (non-hydrogen) atoms. The molecule has 0 unspecified atom stereocenters. The van der Waals surface area contributed by atoms with E-state index >= 15 is 0 Å². The lowest BCUT2D eigenvalue weighted by molar-refractivity contribution is -0.129. The van der Waals surface area contributed by atoms with Crippen LogP contribution in [0, 0.1) is 6.92 Å². The van der Waals surface area contributed by atoms with E-state index in [0.29, 0.717) is 23.5 Å². The summed E-state index contributed by atoms with van der Waals surface area (Å²) < 4.78 is 5.12. The Labute approximate surface area is 190 Å². The molecule has 174 valence electrons. The summed E-state index contributed by atoms with van der Waals surface area (Å²) in [5.41, 5.74) is 0.535. The summed E-state index contributed by atoms with van der Waals surface area (Å²) in [6.45, 7) is 7.66. The maximum Gasteiger partial charge on any atom is 0.341 e. The number of hydrogen-bond acceptors (Lipinski definition) is 7. The average Bonchev–Trinajstić information content (AvgIpc) is 3.48. The van der Waals surface area contributed by atoms with Crippen LogP contribution in [0.5, 0.6) is 0 Å². The number of esters is 1. The quantitative estimate of drug-likeness (QED) is 0.442. The van der Waals surface area contributed by atoms with Crippen LogP contribution in [-0.2, 0) is 14.3 Å². The zero-order valence-electron chi connectivity index (χ0n) is 18.7. The monoisotopic (exact) mass is 464 g/mol. The summed E-state index contributed by atoms with van der Waals surface area (Å²) in [6, 6.07) is -0.401. The third-order valence-corrected chi connectivity index (χ3v) is 6.69. The van der Waals surface area contributed by atoms with Crippen molar-refractivity contribution in [2.24, 2.45) is 0 Å². The molecule has 10 nitrogen and oxygen atoms in total. The third-order valence-electron chi connectivity index (χ3n) is 5.50. The van der Waals surface area contributed by atoms with Gasteiger partial charge in [-0.1, -0.05) is 0 Å². The van der Waals surface area contributed by atoms with Crippen LogP contribution in [0.15, 0.2) is 0 Å². The number of nitrogens with zero attached hydrogens (tertiary/aromatic N) is 3. The van der Waals surface area contributed by atoms with Gasteiger partial charge in [0.2, 0.25) is 5.91 Å². The molecule has 1 aliphatic heterocycles. The molecule has 1 saturated heterocycles. The first-order valence-electron chi connectivity index (χ1n) is 10.7. The number of ether oxygens (including phenoxy) is 1. The second-order valence-electron chi connectivity index (χ2n) is 7.63. The molecule has 2 aliphatic rings. The van der Waals surface area contributed by atoms with E-state index in [0.717, 1.165) is 29.1 Å². The number of nitrogens with one attached hydrogen (secondary N) is 1. The molecule has 11 heteroatoms. The highest BCUT2D eigenvalue weighted by Gasteiger charge is 2.44. The minimum absolute atomic E-state index is 0.0223. The Morgan fingerprint density at radius 1 is 1.16 bits per heavy atom. The van der Waals surface area contributed by atoms with E-state index in [2.05, 4.69) is 5.32 Å². The first kappa shape index (κ1) is 23.7. The predicted octanol–water partition coefficient (Wildman–Crippen LogP) is 2.08. The Morgan fingerprint density at radius 2 is 1.81 bits per heavy atom. The van der Waals surface area contributed by atoms with E-state index in [9.17, 15) is 24.0 Å². The molecule has 0 radical (unpaired) electrons. The van der Waals surface area contributed by atoms with Crippen molar-refractivity contribution in [3.05, 3.63) is 16.0 Å². The van der Waals surface area contributed by atoms with Gasteiger partial charge in [0.15, 0.2) is 0 Å². The van der Waals surface area contributed by atoms with Crippen LogP contribution in [0.4, 0.5) is 9.80 Å². The van der Waals surface area contributed by atoms with Gasteiger partial charge >= 0.3 is 12.0 Å². The molecule has 1 N–H and O–H groups in total. The molecule has 2 heterocycles. The van der Waals surface area contributed by atoms with Gasteiger partial charge in [-0.25, -0.2) is 9.59 Å². The number of rotatable bonds is 9. The van der Waals surface area contributed by atoms with Gasteiger partial charge in [-0.05, 0) is 46.1 Å². The van der Waals surface area contributed by atoms with E-state index in [1.807, 2.05) is 13.8 Å². The maximum absolute atomic E-state index is 12.9. The van der Waals surface area contributed by atoms with Gasteiger partial charge in [-0.15, -0.1) is 11.3 Å². The molecule has 2 fully saturated rings. The van der Waals surface area contributed by atoms with Crippen LogP contribution in [0.1, 0.15) is 59.2 Å². The molecule has 1 aliphatic carbocycles. The van der Waals surface area contributed by atoms with E-state index < -0.39 is 30.4 Å². The molecule has 1 saturated carbocycles. The first-order chi connectivity index (χ1) is 15.2. The Hall–Kier alpha value is -2.95. The van der Waals surface area contributed by atoms with Gasteiger partial charge in [0.25, 0.3) is 11.8 Å². The predicted molar refractivity (Wildman–Crippen MR) is 118 cm³/mol. The van der Waals surface area contributed by atoms with Crippen molar-refractivity contribution in [2.75, 3.05) is 38.1 Å². The highest BCUT2D eigenvalue weighted by molar-refractivity contribution is 7.18. The summed E-state index contributed by atoms with van der Waals surface area (Å²) in [4.78, 5) is 67.2. The first-order valence-corrected chi connectivity index (χ1v) is 11.6. The van der Waals surface area contributed by atoms with Crippen molar-refractivity contribution in [3.8, 4) is 0 Å². The van der Waals surface area contributed by atoms with E-state index in [1.165, 1.54) is 4.90 Å². The van der Waals surface area contributed by atoms with Crippen LogP contribution < -0.4 is 5.32 Å². The fourth-order valence-corrected chi connectivity index (χ4v) is 4.79. The van der Waals surface area contributed by atoms with Gasteiger partial charge in [0.1, 0.15) is 18.1 Å². The lowest BCUT2D eigenvalue weighted by Crippen LogP contribution is -2.39. The molecule has 3 rings (SSSR count). The molecule has 0 bridgehead atoms. The summed E-state index contributed by atoms with van der Waals surface area (Å²) in [6.07, 6.45) is 1.72. The van der Waals surface area contributed by atoms with Crippen LogP contribution in [0.3, 0.4) is 0 Å². The van der Waals surface area contributed by atoms with Gasteiger partial charge in [0.05, 0.1) is 17.0 Å². The van der Waals surface area contributed by atoms with Crippen molar-refractivity contribution in [3.63, 3.8) is 0 Å². The van der Waals surface area contributed by atoms with E-state index in [-0.39, 0.29) is 35.7 Å². The number of hydrogen-bond donors (Lipinski definition) is 1. The van der Waals surface area contributed by atoms with Crippen LogP contribution in [-0.4, -0.2) is 83.2 Å². The number of anilines is 1. The fourth-order valence-electron chi connectivity index (χ4n) is 3.61. The van der Waals surface area contributed by atoms with Crippen LogP contribution in [0.2, 0.25) is 0 Å². The number of carbonyl (C=O) groups excluding carboxylic acids is 5. The zero-order valence-corrected chi connectivity index (χ0v) is 19.5. The normalized spacial score (nSPS) is 15.9. The minimum Gasteiger partial charge on any atom is -0.462 e. The Kier molecular flexibility index (Phi) is 7.17. The van der Waals surface area contributed by atoms with Crippen molar-refractivity contribution in [2.45, 2.75) is 46.6 Å². The van der Waals surface area contributed by atoms with Crippen molar-refractivity contribution in [1.29, 1.82) is 0 Å². The number of urea groups is 1. The van der Waals surface area contributed by atoms with Gasteiger partial charge in [0, 0.05) is 19.1 Å². The van der Waals surface area contributed by atoms with Crippen LogP contribution >= 0.6 is 11.3 Å². The topological polar surface area (TPSA) is 116 Å². The molecular formula is C21H28N4O6S. The number of carbonyl (C=O) groups is 5. The summed E-state index contributed by atoms with van der Waals surface area (Å²) >= 11 is 0.988. The van der Waals surface area contributed by atoms with Crippen molar-refractivity contribution < 1.29 is 28.7 Å². The van der Waals surface area contributed by atoms with Crippen molar-refractivity contribution >= 4 is 46.1 Å². The van der Waals surface area contributed by atoms with Crippen molar-refractivity contribution in [1.82, 2.24) is 14.7 Å². The smallest absolute Gasteiger partial charge is 0.341 e. The second kappa shape index (κ2) is 9.68. The van der Waals surface area contributed by atoms with E-state index in [4.69, 9.17) is 4.74 Å². The van der Waals surface area contributed by atoms with Gasteiger partial charge < -0.3 is 19.9 Å². The summed E-state index contributed by atoms with van der Waals surface area (Å²) in [7, 11) is 0. The average molecular weight is 465 g/mol. The maximum atomic E-state index is 12.9. The third kappa shape index (κ3) is 4.62. The minimum atomic E-state index is -0.650. The Bertz CT molecular complexity index is 950. The SMILES string of the molecule is CCOC(=O)c1c(NC(=O)CN2C(=O)CN(C3CC3)C2=O)sc(C(=O)N(CC)CC)c1C. The second-order valence-corrected chi connectivity index (χ2v) is 8.65. The molecular weight excluding hydrogens is 436 g/mol. The molecule has 5 amide bonds. The van der Waals surface area contributed by atoms with E-state index in [1.54, 1.807) is 18.7 Å². The molecule has 0 atom stereocenters. The van der Waals surface area contributed by atoms with Gasteiger partial charge in [-0.2, -0.15) is 0 Å². The fraction of sp³-hybridized carbons (Fsp3) is 0.571. The number of amides is 5. The standard InChI is InChI=1S/C21H28N4O6S/c1-5-23(6-2)19(28)17-12(4)16(20(29)31-7-3)18(32-17)22-14(26)10-25-15(27)11-24(21(25)30)13-8-9-13/h13H,5-11H2,1-4H3,(H,22,26). The summed E-state index contributed by atoms with van der Waals surface area (Å²) in [5.74, 6) is -1.95. The lowest BCUT2D eigenvalue weighted by atomic mass is 10.1. The lowest BCUT2D eigenvalue weighted by Gasteiger charge is -2.18. The highest BCUT2D eigenvalue weighted by atomic mass is 32.1. The molecule has 1 aromatic rings. The molecule has 1 aromatic heterocycles. The Morgan fingerprint density at radius 3 is 2.38 bits per heavy atom. The van der Waals surface area contributed by atoms with Gasteiger partial charge in [-0.3, -0.25) is 19.3 Å². The largest absolute Gasteiger partial charge is 0.462 e. The Balaban J connectivity index is 1.82. The molecule has 0 aromatic carbocycles. The molecule has 0 spiro atoms.